The molecule has 0 aliphatic rings. The van der Waals surface area contributed by atoms with E-state index in [0.717, 1.165) is 5.56 Å². The zero-order valence-electron chi connectivity index (χ0n) is 9.49. The number of ether oxygens (including phenoxy) is 1. The molecule has 4 heteroatoms. The van der Waals surface area contributed by atoms with Crippen LogP contribution >= 0.6 is 11.6 Å². The largest absolute Gasteiger partial charge is 0.496 e. The molecule has 0 amide bonds. The van der Waals surface area contributed by atoms with Crippen LogP contribution in [0.25, 0.3) is 11.3 Å². The van der Waals surface area contributed by atoms with Gasteiger partial charge in [0.2, 0.25) is 0 Å². The van der Waals surface area contributed by atoms with E-state index in [1.807, 2.05) is 0 Å². The van der Waals surface area contributed by atoms with Gasteiger partial charge in [-0.1, -0.05) is 11.6 Å². The minimum Gasteiger partial charge on any atom is -0.496 e. The van der Waals surface area contributed by atoms with Crippen LogP contribution in [0.5, 0.6) is 5.75 Å². The lowest BCUT2D eigenvalue weighted by Gasteiger charge is -2.06. The first-order chi connectivity index (χ1) is 8.11. The molecule has 0 atom stereocenters. The summed E-state index contributed by atoms with van der Waals surface area (Å²) in [6, 6.07) is 8.60. The summed E-state index contributed by atoms with van der Waals surface area (Å²) in [4.78, 5) is 11.2. The first-order valence-electron chi connectivity index (χ1n) is 5.06. The van der Waals surface area contributed by atoms with Crippen LogP contribution in [0.1, 0.15) is 17.5 Å². The number of hydrogen-bond acceptors (Lipinski definition) is 3. The van der Waals surface area contributed by atoms with Crippen molar-refractivity contribution < 1.29 is 13.9 Å². The van der Waals surface area contributed by atoms with Gasteiger partial charge in [0.1, 0.15) is 11.5 Å². The van der Waals surface area contributed by atoms with Gasteiger partial charge in [-0.2, -0.15) is 0 Å². The second kappa shape index (κ2) is 4.63. The third-order valence-corrected chi connectivity index (χ3v) is 2.62. The molecular weight excluding hydrogens is 240 g/mol. The van der Waals surface area contributed by atoms with Gasteiger partial charge in [0, 0.05) is 11.9 Å². The number of carbonyl (C=O) groups is 1. The molecule has 2 rings (SSSR count). The van der Waals surface area contributed by atoms with Crippen LogP contribution in [0.4, 0.5) is 0 Å². The Morgan fingerprint density at radius 3 is 2.65 bits per heavy atom. The van der Waals surface area contributed by atoms with Crippen molar-refractivity contribution >= 4 is 17.4 Å². The predicted molar refractivity (Wildman–Crippen MR) is 65.7 cm³/mol. The Hall–Kier alpha value is -1.74. The lowest BCUT2D eigenvalue weighted by molar-refractivity contribution is 0.0988. The van der Waals surface area contributed by atoms with Crippen LogP contribution in [0.3, 0.4) is 0 Å². The number of benzene rings is 1. The van der Waals surface area contributed by atoms with Gasteiger partial charge in [-0.05, 0) is 30.3 Å². The van der Waals surface area contributed by atoms with Crippen LogP contribution in [-0.4, -0.2) is 12.9 Å². The van der Waals surface area contributed by atoms with Crippen molar-refractivity contribution in [3.05, 3.63) is 41.1 Å². The molecule has 1 aromatic carbocycles. The van der Waals surface area contributed by atoms with Crippen molar-refractivity contribution in [1.82, 2.24) is 0 Å². The zero-order chi connectivity index (χ0) is 12.4. The Labute approximate surface area is 104 Å². The smallest absolute Gasteiger partial charge is 0.194 e. The van der Waals surface area contributed by atoms with Crippen LogP contribution in [0, 0.1) is 0 Å². The third kappa shape index (κ3) is 2.34. The van der Waals surface area contributed by atoms with E-state index in [0.29, 0.717) is 22.3 Å². The van der Waals surface area contributed by atoms with E-state index in [9.17, 15) is 4.79 Å². The SMILES string of the molecule is COc1ccc(Cl)cc1-c1ccc(C(C)=O)o1. The summed E-state index contributed by atoms with van der Waals surface area (Å²) in [7, 11) is 1.57. The van der Waals surface area contributed by atoms with Crippen LogP contribution < -0.4 is 4.74 Å². The molecule has 88 valence electrons. The third-order valence-electron chi connectivity index (χ3n) is 2.38. The van der Waals surface area contributed by atoms with E-state index < -0.39 is 0 Å². The van der Waals surface area contributed by atoms with E-state index in [4.69, 9.17) is 20.8 Å². The summed E-state index contributed by atoms with van der Waals surface area (Å²) < 4.78 is 10.7. The average Bonchev–Trinajstić information content (AvgIpc) is 2.78. The van der Waals surface area contributed by atoms with Gasteiger partial charge in [-0.15, -0.1) is 0 Å². The first kappa shape index (κ1) is 11.7. The molecule has 1 aromatic heterocycles. The van der Waals surface area contributed by atoms with Crippen molar-refractivity contribution in [2.24, 2.45) is 0 Å². The monoisotopic (exact) mass is 250 g/mol. The van der Waals surface area contributed by atoms with Crippen LogP contribution in [0.15, 0.2) is 34.7 Å². The minimum atomic E-state index is -0.114. The number of furan rings is 1. The highest BCUT2D eigenvalue weighted by atomic mass is 35.5. The molecule has 0 saturated heterocycles. The van der Waals surface area contributed by atoms with Gasteiger partial charge in [-0.25, -0.2) is 0 Å². The molecule has 3 nitrogen and oxygen atoms in total. The van der Waals surface area contributed by atoms with E-state index in [1.54, 1.807) is 37.4 Å². The Bertz CT molecular complexity index is 558. The van der Waals surface area contributed by atoms with Gasteiger partial charge in [0.15, 0.2) is 11.5 Å². The lowest BCUT2D eigenvalue weighted by Crippen LogP contribution is -1.88. The van der Waals surface area contributed by atoms with Gasteiger partial charge < -0.3 is 9.15 Å². The molecule has 0 saturated carbocycles. The van der Waals surface area contributed by atoms with E-state index >= 15 is 0 Å². The fourth-order valence-electron chi connectivity index (χ4n) is 1.54. The first-order valence-corrected chi connectivity index (χ1v) is 5.44. The predicted octanol–water partition coefficient (Wildman–Crippen LogP) is 3.81. The quantitative estimate of drug-likeness (QED) is 0.778. The second-order valence-electron chi connectivity index (χ2n) is 3.56. The highest BCUT2D eigenvalue weighted by molar-refractivity contribution is 6.30. The average molecular weight is 251 g/mol. The number of ketones is 1. The molecule has 1 heterocycles. The van der Waals surface area contributed by atoms with E-state index in [-0.39, 0.29) is 5.78 Å². The molecular formula is C13H11ClO3. The molecule has 0 unspecified atom stereocenters. The summed E-state index contributed by atoms with van der Waals surface area (Å²) in [5.41, 5.74) is 0.729. The molecule has 0 bridgehead atoms. The summed E-state index contributed by atoms with van der Waals surface area (Å²) >= 11 is 5.93. The van der Waals surface area contributed by atoms with E-state index in [1.165, 1.54) is 6.92 Å². The summed E-state index contributed by atoms with van der Waals surface area (Å²) in [5, 5.41) is 0.585. The van der Waals surface area contributed by atoms with Crippen molar-refractivity contribution in [2.45, 2.75) is 6.92 Å². The molecule has 0 aliphatic heterocycles. The normalized spacial score (nSPS) is 10.3. The molecule has 0 aliphatic carbocycles. The van der Waals surface area contributed by atoms with Crippen molar-refractivity contribution in [3.8, 4) is 17.1 Å². The molecule has 2 aromatic rings. The molecule has 0 N–H and O–H groups in total. The molecule has 0 spiro atoms. The Balaban J connectivity index is 2.51. The fourth-order valence-corrected chi connectivity index (χ4v) is 1.72. The zero-order valence-corrected chi connectivity index (χ0v) is 10.2. The van der Waals surface area contributed by atoms with E-state index in [2.05, 4.69) is 0 Å². The summed E-state index contributed by atoms with van der Waals surface area (Å²) in [6.07, 6.45) is 0. The standard InChI is InChI=1S/C13H11ClO3/c1-8(15)11-5-6-13(17-11)10-7-9(14)3-4-12(10)16-2/h3-7H,1-2H3. The topological polar surface area (TPSA) is 39.4 Å². The maximum Gasteiger partial charge on any atom is 0.194 e. The Kier molecular flexibility index (Phi) is 3.20. The molecule has 0 fully saturated rings. The highest BCUT2D eigenvalue weighted by Gasteiger charge is 2.12. The lowest BCUT2D eigenvalue weighted by atomic mass is 10.1. The molecule has 0 radical (unpaired) electrons. The number of halogens is 1. The van der Waals surface area contributed by atoms with Crippen LogP contribution in [-0.2, 0) is 0 Å². The maximum atomic E-state index is 11.2. The number of carbonyl (C=O) groups excluding carboxylic acids is 1. The van der Waals surface area contributed by atoms with Gasteiger partial charge in [0.05, 0.1) is 12.7 Å². The van der Waals surface area contributed by atoms with Crippen molar-refractivity contribution in [1.29, 1.82) is 0 Å². The summed E-state index contributed by atoms with van der Waals surface area (Å²) in [5.74, 6) is 1.42. The van der Waals surface area contributed by atoms with Crippen LogP contribution in [0.2, 0.25) is 5.02 Å². The minimum absolute atomic E-state index is 0.114. The number of Topliss-reactive ketones (excluding diaryl/α,β-unsaturated/α-hetero) is 1. The molecule has 17 heavy (non-hydrogen) atoms. The van der Waals surface area contributed by atoms with Crippen molar-refractivity contribution in [3.63, 3.8) is 0 Å². The number of methoxy groups -OCH3 is 1. The Morgan fingerprint density at radius 1 is 1.29 bits per heavy atom. The van der Waals surface area contributed by atoms with Gasteiger partial charge >= 0.3 is 0 Å². The van der Waals surface area contributed by atoms with Gasteiger partial charge in [0.25, 0.3) is 0 Å². The number of hydrogen-bond donors (Lipinski definition) is 0. The highest BCUT2D eigenvalue weighted by Crippen LogP contribution is 2.33. The maximum absolute atomic E-state index is 11.2. The fraction of sp³-hybridized carbons (Fsp3) is 0.154. The number of rotatable bonds is 3. The summed E-state index contributed by atoms with van der Waals surface area (Å²) in [6.45, 7) is 1.46. The Morgan fingerprint density at radius 2 is 2.06 bits per heavy atom. The van der Waals surface area contributed by atoms with Gasteiger partial charge in [-0.3, -0.25) is 4.79 Å². The van der Waals surface area contributed by atoms with Crippen molar-refractivity contribution in [2.75, 3.05) is 7.11 Å². The second-order valence-corrected chi connectivity index (χ2v) is 4.00.